The first kappa shape index (κ1) is 21.5. The van der Waals surface area contributed by atoms with Crippen molar-refractivity contribution in [2.24, 2.45) is 13.0 Å². The van der Waals surface area contributed by atoms with Crippen LogP contribution in [0.5, 0.6) is 0 Å². The number of benzene rings is 2. The number of aryl methyl sites for hydroxylation is 2. The van der Waals surface area contributed by atoms with Crippen molar-refractivity contribution in [2.45, 2.75) is 31.6 Å². The van der Waals surface area contributed by atoms with Crippen LogP contribution in [0.15, 0.2) is 59.5 Å². The number of carbonyl (C=O) groups excluding carboxylic acids is 1. The van der Waals surface area contributed by atoms with Crippen molar-refractivity contribution in [3.8, 4) is 11.1 Å². The van der Waals surface area contributed by atoms with Crippen LogP contribution in [0.2, 0.25) is 0 Å². The molecular formula is C24H27N3O3S. The molecule has 1 aromatic heterocycles. The van der Waals surface area contributed by atoms with Gasteiger partial charge in [0.1, 0.15) is 4.90 Å². The second-order valence-corrected chi connectivity index (χ2v) is 10.0. The molecule has 1 fully saturated rings. The standard InChI is InChI=1S/C24H27N3O3S/c1-17-24(18(2)26(3)25-17)31(29,30)27-15-7-10-22(16-27)23(28)21-13-11-20(12-14-21)19-8-5-4-6-9-19/h4-6,8-9,11-14,22H,7,10,15-16H2,1-3H3/t22-/m1/s1. The Bertz CT molecular complexity index is 1200. The molecule has 6 nitrogen and oxygen atoms in total. The third-order valence-corrected chi connectivity index (χ3v) is 8.19. The lowest BCUT2D eigenvalue weighted by Crippen LogP contribution is -2.42. The molecule has 2 aromatic carbocycles. The van der Waals surface area contributed by atoms with E-state index < -0.39 is 10.0 Å². The molecule has 0 bridgehead atoms. The van der Waals surface area contributed by atoms with E-state index in [1.165, 1.54) is 4.31 Å². The van der Waals surface area contributed by atoms with Crippen LogP contribution in [0, 0.1) is 19.8 Å². The Labute approximate surface area is 183 Å². The van der Waals surface area contributed by atoms with Crippen molar-refractivity contribution in [1.82, 2.24) is 14.1 Å². The van der Waals surface area contributed by atoms with Crippen LogP contribution in [-0.4, -0.2) is 41.4 Å². The van der Waals surface area contributed by atoms with Gasteiger partial charge in [0.05, 0.1) is 11.4 Å². The van der Waals surface area contributed by atoms with Gasteiger partial charge in [0.2, 0.25) is 10.0 Å². The van der Waals surface area contributed by atoms with Gasteiger partial charge in [-0.15, -0.1) is 0 Å². The SMILES string of the molecule is Cc1nn(C)c(C)c1S(=O)(=O)N1CCC[C@@H](C(=O)c2ccc(-c3ccccc3)cc2)C1. The third kappa shape index (κ3) is 4.07. The maximum atomic E-state index is 13.3. The van der Waals surface area contributed by atoms with Gasteiger partial charge in [-0.3, -0.25) is 9.48 Å². The molecule has 3 aromatic rings. The molecular weight excluding hydrogens is 410 g/mol. The van der Waals surface area contributed by atoms with Crippen LogP contribution < -0.4 is 0 Å². The van der Waals surface area contributed by atoms with Gasteiger partial charge in [-0.05, 0) is 37.8 Å². The van der Waals surface area contributed by atoms with Gasteiger partial charge in [0.15, 0.2) is 5.78 Å². The average Bonchev–Trinajstić information content (AvgIpc) is 3.05. The van der Waals surface area contributed by atoms with E-state index in [0.29, 0.717) is 36.3 Å². The van der Waals surface area contributed by atoms with Crippen LogP contribution in [0.3, 0.4) is 0 Å². The third-order valence-electron chi connectivity index (χ3n) is 6.07. The number of Topliss-reactive ketones (excluding diaryl/α,β-unsaturated/α-hetero) is 1. The zero-order chi connectivity index (χ0) is 22.2. The summed E-state index contributed by atoms with van der Waals surface area (Å²) in [5, 5.41) is 4.25. The van der Waals surface area contributed by atoms with Gasteiger partial charge in [-0.1, -0.05) is 54.6 Å². The number of hydrogen-bond acceptors (Lipinski definition) is 4. The van der Waals surface area contributed by atoms with Crippen LogP contribution in [0.25, 0.3) is 11.1 Å². The smallest absolute Gasteiger partial charge is 0.246 e. The fourth-order valence-corrected chi connectivity index (χ4v) is 6.25. The molecule has 7 heteroatoms. The number of sulfonamides is 1. The van der Waals surface area contributed by atoms with Crippen LogP contribution in [0.4, 0.5) is 0 Å². The summed E-state index contributed by atoms with van der Waals surface area (Å²) in [4.78, 5) is 13.4. The maximum absolute atomic E-state index is 13.3. The molecule has 1 atom stereocenters. The Hall–Kier alpha value is -2.77. The van der Waals surface area contributed by atoms with Gasteiger partial charge in [0, 0.05) is 31.6 Å². The number of rotatable bonds is 5. The fraction of sp³-hybridized carbons (Fsp3) is 0.333. The highest BCUT2D eigenvalue weighted by molar-refractivity contribution is 7.89. The number of nitrogens with zero attached hydrogens (tertiary/aromatic N) is 3. The van der Waals surface area contributed by atoms with Gasteiger partial charge >= 0.3 is 0 Å². The highest BCUT2D eigenvalue weighted by atomic mass is 32.2. The van der Waals surface area contributed by atoms with Crippen molar-refractivity contribution in [1.29, 1.82) is 0 Å². The zero-order valence-corrected chi connectivity index (χ0v) is 18.9. The summed E-state index contributed by atoms with van der Waals surface area (Å²) in [7, 11) is -1.96. The minimum absolute atomic E-state index is 0.000794. The lowest BCUT2D eigenvalue weighted by molar-refractivity contribution is 0.0872. The minimum atomic E-state index is -3.70. The quantitative estimate of drug-likeness (QED) is 0.566. The lowest BCUT2D eigenvalue weighted by atomic mass is 9.90. The minimum Gasteiger partial charge on any atom is -0.294 e. The lowest BCUT2D eigenvalue weighted by Gasteiger charge is -2.31. The molecule has 1 saturated heterocycles. The second kappa shape index (κ2) is 8.40. The summed E-state index contributed by atoms with van der Waals surface area (Å²) in [6, 6.07) is 17.6. The summed E-state index contributed by atoms with van der Waals surface area (Å²) < 4.78 is 29.7. The van der Waals surface area contributed by atoms with E-state index in [1.807, 2.05) is 54.6 Å². The molecule has 0 aliphatic carbocycles. The first-order chi connectivity index (χ1) is 14.8. The van der Waals surface area contributed by atoms with E-state index in [4.69, 9.17) is 0 Å². The maximum Gasteiger partial charge on any atom is 0.246 e. The molecule has 1 aliphatic heterocycles. The monoisotopic (exact) mass is 437 g/mol. The Morgan fingerprint density at radius 1 is 1.00 bits per heavy atom. The normalized spacial score (nSPS) is 17.6. The second-order valence-electron chi connectivity index (χ2n) is 8.13. The highest BCUT2D eigenvalue weighted by Crippen LogP contribution is 2.29. The average molecular weight is 438 g/mol. The molecule has 0 radical (unpaired) electrons. The first-order valence-electron chi connectivity index (χ1n) is 10.5. The van der Waals surface area contributed by atoms with Crippen LogP contribution >= 0.6 is 0 Å². The topological polar surface area (TPSA) is 72.3 Å². The van der Waals surface area contributed by atoms with E-state index in [0.717, 1.165) is 11.1 Å². The predicted octanol–water partition coefficient (Wildman–Crippen LogP) is 3.99. The van der Waals surface area contributed by atoms with Crippen molar-refractivity contribution < 1.29 is 13.2 Å². The first-order valence-corrected chi connectivity index (χ1v) is 11.9. The van der Waals surface area contributed by atoms with Crippen molar-refractivity contribution in [2.75, 3.05) is 13.1 Å². The van der Waals surface area contributed by atoms with Crippen molar-refractivity contribution in [3.63, 3.8) is 0 Å². The molecule has 31 heavy (non-hydrogen) atoms. The molecule has 2 heterocycles. The van der Waals surface area contributed by atoms with Crippen LogP contribution in [-0.2, 0) is 17.1 Å². The summed E-state index contributed by atoms with van der Waals surface area (Å²) in [6.45, 7) is 4.09. The molecule has 0 unspecified atom stereocenters. The fourth-order valence-electron chi connectivity index (χ4n) is 4.32. The Morgan fingerprint density at radius 2 is 1.65 bits per heavy atom. The van der Waals surface area contributed by atoms with E-state index in [1.54, 1.807) is 25.6 Å². The Kier molecular flexibility index (Phi) is 5.81. The largest absolute Gasteiger partial charge is 0.294 e. The summed E-state index contributed by atoms with van der Waals surface area (Å²) in [6.07, 6.45) is 1.35. The van der Waals surface area contributed by atoms with E-state index >= 15 is 0 Å². The highest BCUT2D eigenvalue weighted by Gasteiger charge is 2.36. The van der Waals surface area contributed by atoms with Crippen LogP contribution in [0.1, 0.15) is 34.6 Å². The Morgan fingerprint density at radius 3 is 2.26 bits per heavy atom. The molecule has 1 aliphatic rings. The molecule has 4 rings (SSSR count). The summed E-state index contributed by atoms with van der Waals surface area (Å²) in [5.74, 6) is -0.345. The number of ketones is 1. The predicted molar refractivity (Wildman–Crippen MR) is 120 cm³/mol. The van der Waals surface area contributed by atoms with Crippen molar-refractivity contribution in [3.05, 3.63) is 71.5 Å². The Balaban J connectivity index is 1.54. The van der Waals surface area contributed by atoms with E-state index in [9.17, 15) is 13.2 Å². The molecule has 0 N–H and O–H groups in total. The number of piperidine rings is 1. The molecule has 0 amide bonds. The number of carbonyl (C=O) groups is 1. The number of aromatic nitrogens is 2. The van der Waals surface area contributed by atoms with E-state index in [2.05, 4.69) is 5.10 Å². The number of hydrogen-bond donors (Lipinski definition) is 0. The van der Waals surface area contributed by atoms with E-state index in [-0.39, 0.29) is 23.1 Å². The van der Waals surface area contributed by atoms with Gasteiger partial charge in [-0.25, -0.2) is 8.42 Å². The summed E-state index contributed by atoms with van der Waals surface area (Å²) >= 11 is 0. The van der Waals surface area contributed by atoms with Crippen molar-refractivity contribution >= 4 is 15.8 Å². The van der Waals surface area contributed by atoms with Gasteiger partial charge in [0.25, 0.3) is 0 Å². The molecule has 162 valence electrons. The van der Waals surface area contributed by atoms with Gasteiger partial charge < -0.3 is 0 Å². The summed E-state index contributed by atoms with van der Waals surface area (Å²) in [5.41, 5.74) is 3.87. The zero-order valence-electron chi connectivity index (χ0n) is 18.1. The molecule has 0 spiro atoms. The molecule has 0 saturated carbocycles. The van der Waals surface area contributed by atoms with Gasteiger partial charge in [-0.2, -0.15) is 9.40 Å².